The van der Waals surface area contributed by atoms with E-state index >= 15 is 0 Å². The van der Waals surface area contributed by atoms with Gasteiger partial charge in [0, 0.05) is 0 Å². The summed E-state index contributed by atoms with van der Waals surface area (Å²) >= 11 is 0. The lowest BCUT2D eigenvalue weighted by molar-refractivity contribution is -0.125. The van der Waals surface area contributed by atoms with Crippen molar-refractivity contribution in [2.24, 2.45) is 5.73 Å². The Hall–Kier alpha value is -1.72. The van der Waals surface area contributed by atoms with Gasteiger partial charge in [0.1, 0.15) is 0 Å². The summed E-state index contributed by atoms with van der Waals surface area (Å²) in [5.41, 5.74) is 8.23. The molecule has 0 saturated carbocycles. The first-order valence-electron chi connectivity index (χ1n) is 5.99. The SMILES string of the molecule is CNCC(=O)N1C(=O)Cc2cc(CCN)ccc21. The molecule has 0 radical (unpaired) electrons. The molecule has 0 bridgehead atoms. The molecular weight excluding hydrogens is 230 g/mol. The summed E-state index contributed by atoms with van der Waals surface area (Å²) < 4.78 is 0. The molecule has 0 aliphatic carbocycles. The van der Waals surface area contributed by atoms with Crippen LogP contribution in [0.25, 0.3) is 0 Å². The van der Waals surface area contributed by atoms with Crippen molar-refractivity contribution in [3.05, 3.63) is 29.3 Å². The summed E-state index contributed by atoms with van der Waals surface area (Å²) in [6.45, 7) is 0.741. The number of imide groups is 1. The van der Waals surface area contributed by atoms with Gasteiger partial charge in [-0.2, -0.15) is 0 Å². The minimum Gasteiger partial charge on any atom is -0.330 e. The summed E-state index contributed by atoms with van der Waals surface area (Å²) in [5.74, 6) is -0.372. The predicted octanol–water partition coefficient (Wildman–Crippen LogP) is -0.177. The van der Waals surface area contributed by atoms with Crippen LogP contribution in [0, 0.1) is 0 Å². The summed E-state index contributed by atoms with van der Waals surface area (Å²) in [6, 6.07) is 5.72. The van der Waals surface area contributed by atoms with Crippen molar-refractivity contribution in [2.45, 2.75) is 12.8 Å². The lowest BCUT2D eigenvalue weighted by Gasteiger charge is -2.15. The highest BCUT2D eigenvalue weighted by molar-refractivity contribution is 6.19. The van der Waals surface area contributed by atoms with Crippen molar-refractivity contribution in [3.8, 4) is 0 Å². The second-order valence-electron chi connectivity index (χ2n) is 4.33. The third kappa shape index (κ3) is 2.27. The van der Waals surface area contributed by atoms with Crippen LogP contribution in [0.3, 0.4) is 0 Å². The van der Waals surface area contributed by atoms with Gasteiger partial charge >= 0.3 is 0 Å². The monoisotopic (exact) mass is 247 g/mol. The highest BCUT2D eigenvalue weighted by atomic mass is 16.2. The highest BCUT2D eigenvalue weighted by Crippen LogP contribution is 2.29. The Balaban J connectivity index is 2.29. The molecule has 0 saturated heterocycles. The molecule has 5 nitrogen and oxygen atoms in total. The number of nitrogens with one attached hydrogen (secondary N) is 1. The molecule has 0 spiro atoms. The Labute approximate surface area is 106 Å². The normalized spacial score (nSPS) is 13.9. The molecule has 1 heterocycles. The summed E-state index contributed by atoms with van der Waals surface area (Å²) in [5, 5.41) is 2.77. The number of carbonyl (C=O) groups excluding carboxylic acids is 2. The topological polar surface area (TPSA) is 75.4 Å². The average Bonchev–Trinajstić information content (AvgIpc) is 2.65. The number of carbonyl (C=O) groups is 2. The van der Waals surface area contributed by atoms with E-state index in [1.807, 2.05) is 18.2 Å². The van der Waals surface area contributed by atoms with Crippen molar-refractivity contribution in [2.75, 3.05) is 25.0 Å². The molecule has 5 heteroatoms. The van der Waals surface area contributed by atoms with Crippen molar-refractivity contribution < 1.29 is 9.59 Å². The zero-order valence-electron chi connectivity index (χ0n) is 10.4. The number of benzene rings is 1. The number of likely N-dealkylation sites (N-methyl/N-ethyl adjacent to an activating group) is 1. The smallest absolute Gasteiger partial charge is 0.247 e. The van der Waals surface area contributed by atoms with Crippen LogP contribution in [0.15, 0.2) is 18.2 Å². The molecule has 0 fully saturated rings. The molecule has 0 atom stereocenters. The van der Waals surface area contributed by atoms with Crippen LogP contribution in [0.5, 0.6) is 0 Å². The second-order valence-corrected chi connectivity index (χ2v) is 4.33. The Morgan fingerprint density at radius 3 is 2.94 bits per heavy atom. The van der Waals surface area contributed by atoms with Crippen LogP contribution in [0.4, 0.5) is 5.69 Å². The quantitative estimate of drug-likeness (QED) is 0.774. The number of fused-ring (bicyclic) bond motifs is 1. The van der Waals surface area contributed by atoms with Crippen LogP contribution in [-0.4, -0.2) is 32.0 Å². The van der Waals surface area contributed by atoms with E-state index in [1.54, 1.807) is 7.05 Å². The van der Waals surface area contributed by atoms with Crippen molar-refractivity contribution in [1.29, 1.82) is 0 Å². The predicted molar refractivity (Wildman–Crippen MR) is 69.3 cm³/mol. The van der Waals surface area contributed by atoms with E-state index in [0.717, 1.165) is 17.5 Å². The van der Waals surface area contributed by atoms with E-state index in [0.29, 0.717) is 18.7 Å². The Bertz CT molecular complexity index is 485. The first-order chi connectivity index (χ1) is 8.67. The van der Waals surface area contributed by atoms with Gasteiger partial charge in [0.2, 0.25) is 11.8 Å². The van der Waals surface area contributed by atoms with Crippen molar-refractivity contribution in [3.63, 3.8) is 0 Å². The van der Waals surface area contributed by atoms with Crippen molar-refractivity contribution in [1.82, 2.24) is 5.32 Å². The first-order valence-corrected chi connectivity index (χ1v) is 5.99. The van der Waals surface area contributed by atoms with Gasteiger partial charge in [-0.05, 0) is 37.2 Å². The van der Waals surface area contributed by atoms with Gasteiger partial charge in [0.15, 0.2) is 0 Å². The average molecular weight is 247 g/mol. The number of amides is 2. The van der Waals surface area contributed by atoms with Gasteiger partial charge in [-0.1, -0.05) is 12.1 Å². The second kappa shape index (κ2) is 5.29. The molecule has 18 heavy (non-hydrogen) atoms. The molecular formula is C13H17N3O2. The van der Waals surface area contributed by atoms with Crippen LogP contribution in [0.1, 0.15) is 11.1 Å². The Morgan fingerprint density at radius 1 is 1.50 bits per heavy atom. The molecule has 3 N–H and O–H groups in total. The van der Waals surface area contributed by atoms with Gasteiger partial charge in [0.05, 0.1) is 18.7 Å². The number of rotatable bonds is 4. The number of hydrogen-bond acceptors (Lipinski definition) is 4. The number of nitrogens with zero attached hydrogens (tertiary/aromatic N) is 1. The molecule has 1 aliphatic rings. The summed E-state index contributed by atoms with van der Waals surface area (Å²) in [7, 11) is 1.68. The summed E-state index contributed by atoms with van der Waals surface area (Å²) in [6.07, 6.45) is 1.08. The first kappa shape index (κ1) is 12.7. The van der Waals surface area contributed by atoms with Gasteiger partial charge in [-0.15, -0.1) is 0 Å². The van der Waals surface area contributed by atoms with Crippen LogP contribution in [0.2, 0.25) is 0 Å². The lowest BCUT2D eigenvalue weighted by atomic mass is 10.1. The van der Waals surface area contributed by atoms with E-state index in [-0.39, 0.29) is 18.4 Å². The Morgan fingerprint density at radius 2 is 2.28 bits per heavy atom. The largest absolute Gasteiger partial charge is 0.330 e. The molecule has 1 aromatic rings. The third-order valence-electron chi connectivity index (χ3n) is 2.99. The maximum Gasteiger partial charge on any atom is 0.247 e. The highest BCUT2D eigenvalue weighted by Gasteiger charge is 2.31. The third-order valence-corrected chi connectivity index (χ3v) is 2.99. The fraction of sp³-hybridized carbons (Fsp3) is 0.385. The minimum atomic E-state index is -0.215. The van der Waals surface area contributed by atoms with E-state index in [9.17, 15) is 9.59 Å². The minimum absolute atomic E-state index is 0.157. The molecule has 0 aromatic heterocycles. The van der Waals surface area contributed by atoms with E-state index in [2.05, 4.69) is 5.32 Å². The van der Waals surface area contributed by atoms with Crippen LogP contribution >= 0.6 is 0 Å². The van der Waals surface area contributed by atoms with Crippen LogP contribution < -0.4 is 16.0 Å². The zero-order valence-corrected chi connectivity index (χ0v) is 10.4. The molecule has 2 amide bonds. The van der Waals surface area contributed by atoms with Gasteiger partial charge in [-0.3, -0.25) is 9.59 Å². The van der Waals surface area contributed by atoms with Gasteiger partial charge in [0.25, 0.3) is 0 Å². The maximum atomic E-state index is 11.9. The van der Waals surface area contributed by atoms with Crippen molar-refractivity contribution >= 4 is 17.5 Å². The van der Waals surface area contributed by atoms with Gasteiger partial charge in [-0.25, -0.2) is 4.90 Å². The fourth-order valence-corrected chi connectivity index (χ4v) is 2.20. The maximum absolute atomic E-state index is 11.9. The number of nitrogens with two attached hydrogens (primary N) is 1. The summed E-state index contributed by atoms with van der Waals surface area (Å²) in [4.78, 5) is 25.0. The lowest BCUT2D eigenvalue weighted by Crippen LogP contribution is -2.39. The zero-order chi connectivity index (χ0) is 13.1. The van der Waals surface area contributed by atoms with Gasteiger partial charge < -0.3 is 11.1 Å². The van der Waals surface area contributed by atoms with E-state index < -0.39 is 0 Å². The molecule has 1 aromatic carbocycles. The van der Waals surface area contributed by atoms with E-state index in [4.69, 9.17) is 5.73 Å². The fourth-order valence-electron chi connectivity index (χ4n) is 2.20. The standard InChI is InChI=1S/C13H17N3O2/c1-15-8-13(18)16-11-3-2-9(4-5-14)6-10(11)7-12(16)17/h2-3,6,15H,4-5,7-8,14H2,1H3. The molecule has 2 rings (SSSR count). The number of hydrogen-bond donors (Lipinski definition) is 2. The molecule has 0 unspecified atom stereocenters. The Kier molecular flexibility index (Phi) is 3.74. The molecule has 96 valence electrons. The van der Waals surface area contributed by atoms with E-state index in [1.165, 1.54) is 4.90 Å². The van der Waals surface area contributed by atoms with Crippen LogP contribution in [-0.2, 0) is 22.4 Å². The molecule has 1 aliphatic heterocycles. The number of anilines is 1.